The molecule has 2 aromatic carbocycles. The number of carbonyl (C=O) groups excluding carboxylic acids is 1. The van der Waals surface area contributed by atoms with Gasteiger partial charge in [-0.2, -0.15) is 0 Å². The second-order valence-corrected chi connectivity index (χ2v) is 5.85. The van der Waals surface area contributed by atoms with Crippen molar-refractivity contribution in [2.45, 2.75) is 0 Å². The van der Waals surface area contributed by atoms with E-state index >= 15 is 0 Å². The minimum atomic E-state index is -1.40. The fraction of sp³-hybridized carbons (Fsp3) is 0. The zero-order chi connectivity index (χ0) is 15.6. The van der Waals surface area contributed by atoms with Crippen LogP contribution < -0.4 is 5.32 Å². The molecule has 0 aliphatic rings. The predicted octanol–water partition coefficient (Wildman–Crippen LogP) is 4.30. The van der Waals surface area contributed by atoms with Gasteiger partial charge in [0.1, 0.15) is 5.82 Å². The van der Waals surface area contributed by atoms with Gasteiger partial charge in [0.25, 0.3) is 5.91 Å². The van der Waals surface area contributed by atoms with E-state index in [9.17, 15) is 14.0 Å². The highest BCUT2D eigenvalue weighted by Crippen LogP contribution is 2.23. The lowest BCUT2D eigenvalue weighted by atomic mass is 10.1. The summed E-state index contributed by atoms with van der Waals surface area (Å²) in [5.74, 6) is -2.69. The van der Waals surface area contributed by atoms with Crippen molar-refractivity contribution >= 4 is 49.4 Å². The number of carboxylic acids is 1. The zero-order valence-electron chi connectivity index (χ0n) is 10.4. The van der Waals surface area contributed by atoms with Gasteiger partial charge < -0.3 is 10.4 Å². The molecule has 1 amide bonds. The molecule has 0 radical (unpaired) electrons. The lowest BCUT2D eigenvalue weighted by molar-refractivity contribution is 0.0691. The van der Waals surface area contributed by atoms with Crippen molar-refractivity contribution in [3.8, 4) is 0 Å². The van der Waals surface area contributed by atoms with Crippen molar-refractivity contribution in [3.05, 3.63) is 62.3 Å². The van der Waals surface area contributed by atoms with Gasteiger partial charge in [0.15, 0.2) is 0 Å². The lowest BCUT2D eigenvalue weighted by Gasteiger charge is -2.08. The first kappa shape index (κ1) is 15.7. The molecule has 2 N–H and O–H groups in total. The van der Waals surface area contributed by atoms with Crippen LogP contribution in [0.5, 0.6) is 0 Å². The van der Waals surface area contributed by atoms with Gasteiger partial charge in [-0.3, -0.25) is 4.79 Å². The average molecular weight is 417 g/mol. The zero-order valence-corrected chi connectivity index (χ0v) is 13.5. The van der Waals surface area contributed by atoms with Crippen LogP contribution >= 0.6 is 31.9 Å². The van der Waals surface area contributed by atoms with Crippen molar-refractivity contribution in [2.75, 3.05) is 5.32 Å². The van der Waals surface area contributed by atoms with E-state index in [0.29, 0.717) is 10.0 Å². The molecule has 4 nitrogen and oxygen atoms in total. The van der Waals surface area contributed by atoms with E-state index in [1.165, 1.54) is 6.07 Å². The number of amides is 1. The maximum absolute atomic E-state index is 13.3. The molecule has 0 bridgehead atoms. The molecule has 0 spiro atoms. The highest BCUT2D eigenvalue weighted by atomic mass is 79.9. The summed E-state index contributed by atoms with van der Waals surface area (Å²) in [6.45, 7) is 0. The fourth-order valence-corrected chi connectivity index (χ4v) is 2.42. The highest BCUT2D eigenvalue weighted by molar-refractivity contribution is 9.11. The predicted molar refractivity (Wildman–Crippen MR) is 83.2 cm³/mol. The van der Waals surface area contributed by atoms with Gasteiger partial charge in [0, 0.05) is 14.6 Å². The van der Waals surface area contributed by atoms with Crippen molar-refractivity contribution < 1.29 is 19.1 Å². The molecule has 2 rings (SSSR count). The van der Waals surface area contributed by atoms with Crippen molar-refractivity contribution in [2.24, 2.45) is 0 Å². The third-order valence-corrected chi connectivity index (χ3v) is 3.81. The van der Waals surface area contributed by atoms with Crippen LogP contribution in [0.15, 0.2) is 45.3 Å². The molecule has 7 heteroatoms. The number of carbonyl (C=O) groups is 2. The Labute approximate surface area is 136 Å². The monoisotopic (exact) mass is 415 g/mol. The molecule has 21 heavy (non-hydrogen) atoms. The van der Waals surface area contributed by atoms with Crippen molar-refractivity contribution in [3.63, 3.8) is 0 Å². The smallest absolute Gasteiger partial charge is 0.338 e. The van der Waals surface area contributed by atoms with E-state index in [1.807, 2.05) is 0 Å². The first-order chi connectivity index (χ1) is 9.88. The Morgan fingerprint density at radius 3 is 2.43 bits per heavy atom. The number of aromatic carboxylic acids is 1. The summed E-state index contributed by atoms with van der Waals surface area (Å²) in [5, 5.41) is 11.4. The van der Waals surface area contributed by atoms with Crippen LogP contribution in [0.3, 0.4) is 0 Å². The minimum absolute atomic E-state index is 0.200. The van der Waals surface area contributed by atoms with Gasteiger partial charge in [0.05, 0.1) is 11.1 Å². The Hall–Kier alpha value is -1.73. The Morgan fingerprint density at radius 2 is 1.76 bits per heavy atom. The summed E-state index contributed by atoms with van der Waals surface area (Å²) in [6, 6.07) is 8.44. The third-order valence-electron chi connectivity index (χ3n) is 2.63. The standard InChI is InChI=1S/C14H8Br2FNO3/c15-7-1-3-11(16)9(5-7)13(19)18-8-2-4-12(17)10(6-8)14(20)21/h1-6H,(H,18,19)(H,20,21). The third kappa shape index (κ3) is 3.68. The number of anilines is 1. The number of nitrogens with one attached hydrogen (secondary N) is 1. The summed E-state index contributed by atoms with van der Waals surface area (Å²) in [5.41, 5.74) is 0.0670. The number of benzene rings is 2. The van der Waals surface area contributed by atoms with E-state index < -0.39 is 23.3 Å². The Bertz CT molecular complexity index is 734. The number of hydrogen-bond donors (Lipinski definition) is 2. The molecule has 0 aliphatic carbocycles. The summed E-state index contributed by atoms with van der Waals surface area (Å²) in [4.78, 5) is 23.0. The molecule has 0 unspecified atom stereocenters. The van der Waals surface area contributed by atoms with E-state index in [0.717, 1.165) is 16.6 Å². The van der Waals surface area contributed by atoms with E-state index in [1.54, 1.807) is 18.2 Å². The average Bonchev–Trinajstić information content (AvgIpc) is 2.43. The van der Waals surface area contributed by atoms with Gasteiger partial charge in [-0.1, -0.05) is 15.9 Å². The van der Waals surface area contributed by atoms with Crippen LogP contribution in [0, 0.1) is 5.82 Å². The molecule has 0 saturated carbocycles. The SMILES string of the molecule is O=C(O)c1cc(NC(=O)c2cc(Br)ccc2Br)ccc1F. The normalized spacial score (nSPS) is 10.2. The minimum Gasteiger partial charge on any atom is -0.478 e. The topological polar surface area (TPSA) is 66.4 Å². The van der Waals surface area contributed by atoms with Gasteiger partial charge in [0.2, 0.25) is 0 Å². The number of hydrogen-bond acceptors (Lipinski definition) is 2. The van der Waals surface area contributed by atoms with Crippen molar-refractivity contribution in [1.82, 2.24) is 0 Å². The summed E-state index contributed by atoms with van der Waals surface area (Å²) < 4.78 is 14.6. The highest BCUT2D eigenvalue weighted by Gasteiger charge is 2.14. The largest absolute Gasteiger partial charge is 0.478 e. The van der Waals surface area contributed by atoms with Crippen LogP contribution in [0.2, 0.25) is 0 Å². The van der Waals surface area contributed by atoms with Gasteiger partial charge in [-0.25, -0.2) is 9.18 Å². The van der Waals surface area contributed by atoms with Crippen LogP contribution in [0.25, 0.3) is 0 Å². The van der Waals surface area contributed by atoms with Gasteiger partial charge in [-0.15, -0.1) is 0 Å². The first-order valence-electron chi connectivity index (χ1n) is 5.67. The first-order valence-corrected chi connectivity index (χ1v) is 7.26. The number of rotatable bonds is 3. The van der Waals surface area contributed by atoms with Gasteiger partial charge in [-0.05, 0) is 52.3 Å². The summed E-state index contributed by atoms with van der Waals surface area (Å²) in [6.07, 6.45) is 0. The molecule has 108 valence electrons. The molecule has 0 atom stereocenters. The number of halogens is 3. The summed E-state index contributed by atoms with van der Waals surface area (Å²) in [7, 11) is 0. The summed E-state index contributed by atoms with van der Waals surface area (Å²) >= 11 is 6.52. The van der Waals surface area contributed by atoms with Gasteiger partial charge >= 0.3 is 5.97 Å². The maximum Gasteiger partial charge on any atom is 0.338 e. The molecule has 0 aromatic heterocycles. The van der Waals surface area contributed by atoms with E-state index in [4.69, 9.17) is 5.11 Å². The van der Waals surface area contributed by atoms with Crippen molar-refractivity contribution in [1.29, 1.82) is 0 Å². The molecule has 0 saturated heterocycles. The van der Waals surface area contributed by atoms with E-state index in [-0.39, 0.29) is 5.69 Å². The van der Waals surface area contributed by atoms with Crippen LogP contribution in [0.4, 0.5) is 10.1 Å². The Morgan fingerprint density at radius 1 is 1.05 bits per heavy atom. The van der Waals surface area contributed by atoms with E-state index in [2.05, 4.69) is 37.2 Å². The fourth-order valence-electron chi connectivity index (χ4n) is 1.64. The van der Waals surface area contributed by atoms with Crippen LogP contribution in [-0.4, -0.2) is 17.0 Å². The molecular formula is C14H8Br2FNO3. The second kappa shape index (κ2) is 6.36. The van der Waals surface area contributed by atoms with Crippen LogP contribution in [0.1, 0.15) is 20.7 Å². The lowest BCUT2D eigenvalue weighted by Crippen LogP contribution is -2.13. The quantitative estimate of drug-likeness (QED) is 0.783. The second-order valence-electron chi connectivity index (χ2n) is 4.08. The van der Waals surface area contributed by atoms with Crippen LogP contribution in [-0.2, 0) is 0 Å². The Kier molecular flexibility index (Phi) is 4.74. The number of carboxylic acid groups (broad SMARTS) is 1. The molecule has 0 heterocycles. The molecule has 0 fully saturated rings. The maximum atomic E-state index is 13.3. The molecule has 2 aromatic rings. The molecule has 0 aliphatic heterocycles. The molecular weight excluding hydrogens is 409 g/mol. The Balaban J connectivity index is 2.29.